The van der Waals surface area contributed by atoms with Crippen molar-refractivity contribution in [1.29, 1.82) is 10.5 Å². The van der Waals surface area contributed by atoms with Gasteiger partial charge in [0.1, 0.15) is 35.1 Å². The average Bonchev–Trinajstić information content (AvgIpc) is 2.86. The monoisotopic (exact) mass is 528 g/mol. The minimum absolute atomic E-state index is 0.102. The lowest BCUT2D eigenvalue weighted by Gasteiger charge is -2.50. The zero-order valence-electron chi connectivity index (χ0n) is 22.8. The molecule has 0 radical (unpaired) electrons. The summed E-state index contributed by atoms with van der Waals surface area (Å²) in [5.74, 6) is 2.82. The summed E-state index contributed by atoms with van der Waals surface area (Å²) >= 11 is 0. The molecule has 4 rings (SSSR count). The second-order valence-electron chi connectivity index (χ2n) is 10.9. The van der Waals surface area contributed by atoms with Crippen LogP contribution in [0, 0.1) is 40.4 Å². The van der Waals surface area contributed by atoms with Gasteiger partial charge in [-0.25, -0.2) is 9.78 Å². The number of nitrogen functional groups attached to an aromatic ring is 1. The van der Waals surface area contributed by atoms with Crippen molar-refractivity contribution in [2.24, 2.45) is 17.8 Å². The second-order valence-corrected chi connectivity index (χ2v) is 10.9. The highest BCUT2D eigenvalue weighted by molar-refractivity contribution is 5.88. The molecule has 2 saturated carbocycles. The SMILES string of the molecule is CCOC(=O)/C=C/c1ccc(Nc2cc(N)c(C#N)c(NC34CC(C)CC(CC(C)C3)C4)n2)cc1OCC#N. The third kappa shape index (κ3) is 6.80. The number of nitrogens with zero attached hydrogens (tertiary/aromatic N) is 3. The summed E-state index contributed by atoms with van der Waals surface area (Å²) in [6.07, 6.45) is 8.54. The Morgan fingerprint density at radius 1 is 1.21 bits per heavy atom. The van der Waals surface area contributed by atoms with Gasteiger partial charge in [0, 0.05) is 35.0 Å². The van der Waals surface area contributed by atoms with E-state index >= 15 is 0 Å². The predicted molar refractivity (Wildman–Crippen MR) is 151 cm³/mol. The number of nitrogens with one attached hydrogen (secondary N) is 2. The van der Waals surface area contributed by atoms with Crippen LogP contribution >= 0.6 is 0 Å². The fourth-order valence-electron chi connectivity index (χ4n) is 6.43. The molecule has 4 N–H and O–H groups in total. The van der Waals surface area contributed by atoms with Crippen molar-refractivity contribution in [2.75, 3.05) is 29.6 Å². The van der Waals surface area contributed by atoms with Gasteiger partial charge in [0.15, 0.2) is 6.61 Å². The predicted octanol–water partition coefficient (Wildman–Crippen LogP) is 5.77. The first kappa shape index (κ1) is 27.8. The van der Waals surface area contributed by atoms with Gasteiger partial charge in [-0.3, -0.25) is 0 Å². The Morgan fingerprint density at radius 2 is 1.95 bits per heavy atom. The first-order valence-corrected chi connectivity index (χ1v) is 13.5. The molecule has 204 valence electrons. The van der Waals surface area contributed by atoms with Gasteiger partial charge in [0.2, 0.25) is 0 Å². The van der Waals surface area contributed by atoms with Gasteiger partial charge in [0.25, 0.3) is 0 Å². The van der Waals surface area contributed by atoms with Crippen molar-refractivity contribution < 1.29 is 14.3 Å². The molecule has 9 nitrogen and oxygen atoms in total. The van der Waals surface area contributed by atoms with Crippen LogP contribution < -0.4 is 21.1 Å². The molecule has 0 aliphatic heterocycles. The van der Waals surface area contributed by atoms with Crippen molar-refractivity contribution in [3.05, 3.63) is 41.5 Å². The molecule has 2 unspecified atom stereocenters. The van der Waals surface area contributed by atoms with E-state index in [1.807, 2.05) is 12.1 Å². The average molecular weight is 529 g/mol. The number of carbonyl (C=O) groups excluding carboxylic acids is 1. The van der Waals surface area contributed by atoms with E-state index in [-0.39, 0.29) is 18.8 Å². The van der Waals surface area contributed by atoms with Gasteiger partial charge in [-0.15, -0.1) is 0 Å². The van der Waals surface area contributed by atoms with Gasteiger partial charge >= 0.3 is 5.97 Å². The van der Waals surface area contributed by atoms with Crippen LogP contribution in [-0.2, 0) is 9.53 Å². The first-order chi connectivity index (χ1) is 18.7. The van der Waals surface area contributed by atoms with E-state index in [0.29, 0.717) is 57.6 Å². The molecule has 2 aliphatic carbocycles. The van der Waals surface area contributed by atoms with Crippen LogP contribution in [0.5, 0.6) is 5.75 Å². The Bertz CT molecular complexity index is 1310. The van der Waals surface area contributed by atoms with Crippen molar-refractivity contribution >= 4 is 35.1 Å². The van der Waals surface area contributed by atoms with Crippen molar-refractivity contribution in [3.63, 3.8) is 0 Å². The Hall–Kier alpha value is -4.24. The molecular weight excluding hydrogens is 492 g/mol. The maximum absolute atomic E-state index is 11.7. The topological polar surface area (TPSA) is 146 Å². The lowest BCUT2D eigenvalue weighted by atomic mass is 9.61. The highest BCUT2D eigenvalue weighted by atomic mass is 16.5. The van der Waals surface area contributed by atoms with E-state index in [9.17, 15) is 10.1 Å². The quantitative estimate of drug-likeness (QED) is 0.272. The van der Waals surface area contributed by atoms with E-state index in [4.69, 9.17) is 25.5 Å². The van der Waals surface area contributed by atoms with Crippen LogP contribution in [-0.4, -0.2) is 29.7 Å². The van der Waals surface area contributed by atoms with Gasteiger partial charge in [-0.1, -0.05) is 13.8 Å². The number of hydrogen-bond acceptors (Lipinski definition) is 9. The van der Waals surface area contributed by atoms with Crippen LogP contribution in [0.1, 0.15) is 64.0 Å². The number of rotatable bonds is 9. The molecule has 2 fully saturated rings. The summed E-state index contributed by atoms with van der Waals surface area (Å²) in [7, 11) is 0. The van der Waals surface area contributed by atoms with Gasteiger partial charge < -0.3 is 25.8 Å². The maximum atomic E-state index is 11.7. The second kappa shape index (κ2) is 12.1. The largest absolute Gasteiger partial charge is 0.478 e. The molecule has 2 bridgehead atoms. The minimum Gasteiger partial charge on any atom is -0.478 e. The van der Waals surface area contributed by atoms with E-state index in [0.717, 1.165) is 19.3 Å². The summed E-state index contributed by atoms with van der Waals surface area (Å²) in [5, 5.41) is 25.9. The molecule has 0 amide bonds. The van der Waals surface area contributed by atoms with E-state index < -0.39 is 5.97 Å². The van der Waals surface area contributed by atoms with E-state index in [1.165, 1.54) is 18.9 Å². The number of carbonyl (C=O) groups is 1. The Kier molecular flexibility index (Phi) is 8.61. The van der Waals surface area contributed by atoms with Crippen LogP contribution in [0.2, 0.25) is 0 Å². The van der Waals surface area contributed by atoms with E-state index in [2.05, 4.69) is 30.6 Å². The molecule has 1 aromatic carbocycles. The Balaban J connectivity index is 1.62. The van der Waals surface area contributed by atoms with Gasteiger partial charge in [-0.05, 0) is 75.0 Å². The summed E-state index contributed by atoms with van der Waals surface area (Å²) in [5.41, 5.74) is 8.18. The zero-order chi connectivity index (χ0) is 28.0. The van der Waals surface area contributed by atoms with Crippen molar-refractivity contribution in [2.45, 2.75) is 58.4 Å². The van der Waals surface area contributed by atoms with Crippen LogP contribution in [0.25, 0.3) is 6.08 Å². The number of pyridine rings is 1. The minimum atomic E-state index is -0.464. The van der Waals surface area contributed by atoms with Gasteiger partial charge in [0.05, 0.1) is 12.3 Å². The summed E-state index contributed by atoms with van der Waals surface area (Å²) in [6, 6.07) is 11.1. The fourth-order valence-corrected chi connectivity index (χ4v) is 6.43. The molecule has 2 aromatic rings. The number of aromatic nitrogens is 1. The molecule has 1 heterocycles. The lowest BCUT2D eigenvalue weighted by molar-refractivity contribution is -0.137. The molecule has 0 saturated heterocycles. The number of hydrogen-bond donors (Lipinski definition) is 3. The number of esters is 1. The molecule has 0 spiro atoms. The molecule has 39 heavy (non-hydrogen) atoms. The Morgan fingerprint density at radius 3 is 2.62 bits per heavy atom. The van der Waals surface area contributed by atoms with Gasteiger partial charge in [-0.2, -0.15) is 10.5 Å². The third-order valence-electron chi connectivity index (χ3n) is 7.44. The fraction of sp³-hybridized carbons (Fsp3) is 0.467. The zero-order valence-corrected chi connectivity index (χ0v) is 22.8. The molecular formula is C30H36N6O3. The highest BCUT2D eigenvalue weighted by Gasteiger charge is 2.44. The molecule has 1 aromatic heterocycles. The smallest absolute Gasteiger partial charge is 0.330 e. The summed E-state index contributed by atoms with van der Waals surface area (Å²) in [6.45, 7) is 6.48. The number of benzene rings is 1. The maximum Gasteiger partial charge on any atom is 0.330 e. The first-order valence-electron chi connectivity index (χ1n) is 13.5. The number of fused-ring (bicyclic) bond motifs is 2. The highest BCUT2D eigenvalue weighted by Crippen LogP contribution is 2.49. The normalized spacial score (nSPS) is 23.9. The molecule has 2 aliphatic rings. The number of nitrogens with two attached hydrogens (primary N) is 1. The van der Waals surface area contributed by atoms with E-state index in [1.54, 1.807) is 31.2 Å². The van der Waals surface area contributed by atoms with Crippen molar-refractivity contribution in [3.8, 4) is 17.9 Å². The number of nitriles is 2. The number of anilines is 4. The third-order valence-corrected chi connectivity index (χ3v) is 7.44. The van der Waals surface area contributed by atoms with Crippen LogP contribution in [0.4, 0.5) is 23.0 Å². The standard InChI is InChI=1S/C30H36N6O3/c1-4-38-28(37)8-6-22-5-7-23(13-26(22)39-10-9-31)34-27-14-25(33)24(18-32)29(35-27)36-30-15-19(2)11-21(17-30)12-20(3)16-30/h5-8,13-14,19-21H,4,10-12,15-17H2,1-3H3,(H4,33,34,35,36)/b8-6+. The molecule has 2 atom stereocenters. The summed E-state index contributed by atoms with van der Waals surface area (Å²) in [4.78, 5) is 16.5. The Labute approximate surface area is 230 Å². The lowest BCUT2D eigenvalue weighted by Crippen LogP contribution is -2.50. The number of ether oxygens (including phenoxy) is 2. The van der Waals surface area contributed by atoms with Crippen LogP contribution in [0.3, 0.4) is 0 Å². The van der Waals surface area contributed by atoms with Crippen LogP contribution in [0.15, 0.2) is 30.3 Å². The van der Waals surface area contributed by atoms with Crippen molar-refractivity contribution in [1.82, 2.24) is 4.98 Å². The summed E-state index contributed by atoms with van der Waals surface area (Å²) < 4.78 is 10.5. The molecule has 9 heteroatoms.